The summed E-state index contributed by atoms with van der Waals surface area (Å²) in [6, 6.07) is 12.7. The van der Waals surface area contributed by atoms with Crippen molar-refractivity contribution in [1.82, 2.24) is 0 Å². The zero-order valence-corrected chi connectivity index (χ0v) is 14.0. The number of benzene rings is 2. The predicted molar refractivity (Wildman–Crippen MR) is 96.5 cm³/mol. The fraction of sp³-hybridized carbons (Fsp3) is 0.286. The van der Waals surface area contributed by atoms with Crippen molar-refractivity contribution in [3.05, 3.63) is 70.5 Å². The lowest BCUT2D eigenvalue weighted by molar-refractivity contribution is 0.102. The second-order valence-electron chi connectivity index (χ2n) is 6.49. The van der Waals surface area contributed by atoms with Crippen LogP contribution in [0.25, 0.3) is 6.08 Å². The summed E-state index contributed by atoms with van der Waals surface area (Å²) < 4.78 is 18.8. The van der Waals surface area contributed by atoms with Gasteiger partial charge in [-0.1, -0.05) is 18.2 Å². The maximum Gasteiger partial charge on any atom is 0.189 e. The van der Waals surface area contributed by atoms with E-state index in [1.807, 2.05) is 18.2 Å². The number of carbonyl (C=O) groups excluding carboxylic acids is 1. The summed E-state index contributed by atoms with van der Waals surface area (Å²) in [7, 11) is 0. The van der Waals surface area contributed by atoms with E-state index < -0.39 is 0 Å². The van der Waals surface area contributed by atoms with Gasteiger partial charge in [0.05, 0.1) is 13.2 Å². The highest BCUT2D eigenvalue weighted by Gasteiger charge is 2.22. The number of ether oxygens (including phenoxy) is 1. The van der Waals surface area contributed by atoms with E-state index in [-0.39, 0.29) is 11.6 Å². The van der Waals surface area contributed by atoms with Crippen molar-refractivity contribution in [1.29, 1.82) is 0 Å². The summed E-state index contributed by atoms with van der Waals surface area (Å²) >= 11 is 0. The number of morpholine rings is 1. The normalized spacial score (nSPS) is 19.2. The molecule has 3 nitrogen and oxygen atoms in total. The van der Waals surface area contributed by atoms with Crippen LogP contribution < -0.4 is 4.90 Å². The smallest absolute Gasteiger partial charge is 0.189 e. The maximum atomic E-state index is 13.5. The van der Waals surface area contributed by atoms with Gasteiger partial charge in [0.2, 0.25) is 0 Å². The minimum atomic E-state index is -0.358. The van der Waals surface area contributed by atoms with Crippen molar-refractivity contribution in [3.8, 4) is 0 Å². The number of Topliss-reactive ketones (excluding diaryl/α,β-unsaturated/α-hetero) is 1. The molecule has 1 aliphatic carbocycles. The Bertz CT molecular complexity index is 820. The summed E-state index contributed by atoms with van der Waals surface area (Å²) in [5, 5.41) is 0. The van der Waals surface area contributed by atoms with E-state index in [9.17, 15) is 9.18 Å². The van der Waals surface area contributed by atoms with Crippen molar-refractivity contribution in [2.75, 3.05) is 31.2 Å². The van der Waals surface area contributed by atoms with Crippen LogP contribution in [-0.2, 0) is 11.2 Å². The number of hydrogen-bond acceptors (Lipinski definition) is 3. The van der Waals surface area contributed by atoms with Gasteiger partial charge in [0.25, 0.3) is 0 Å². The molecule has 2 aromatic carbocycles. The van der Waals surface area contributed by atoms with Gasteiger partial charge in [0.15, 0.2) is 5.78 Å². The van der Waals surface area contributed by atoms with Crippen molar-refractivity contribution in [2.24, 2.45) is 0 Å². The second-order valence-corrected chi connectivity index (χ2v) is 6.49. The molecule has 25 heavy (non-hydrogen) atoms. The topological polar surface area (TPSA) is 29.5 Å². The molecule has 4 rings (SSSR count). The first-order valence-corrected chi connectivity index (χ1v) is 8.67. The Morgan fingerprint density at radius 1 is 1.00 bits per heavy atom. The van der Waals surface area contributed by atoms with Gasteiger partial charge in [-0.3, -0.25) is 4.79 Å². The molecule has 0 N–H and O–H groups in total. The first-order chi connectivity index (χ1) is 12.2. The van der Waals surface area contributed by atoms with Crippen LogP contribution >= 0.6 is 0 Å². The number of halogens is 1. The van der Waals surface area contributed by atoms with Crippen molar-refractivity contribution in [2.45, 2.75) is 12.8 Å². The molecule has 1 saturated heterocycles. The summed E-state index contributed by atoms with van der Waals surface area (Å²) in [4.78, 5) is 14.9. The van der Waals surface area contributed by atoms with Crippen molar-refractivity contribution < 1.29 is 13.9 Å². The Morgan fingerprint density at radius 2 is 1.76 bits per heavy atom. The standard InChI is InChI=1S/C21H20FNO2/c22-18-6-5-16-3-4-17(21(24)20(16)14-18)13-15-1-7-19(8-2-15)23-9-11-25-12-10-23/h1-2,5-8,13-14H,3-4,9-12H2. The van der Waals surface area contributed by atoms with Crippen LogP contribution in [0.3, 0.4) is 0 Å². The van der Waals surface area contributed by atoms with Crippen LogP contribution in [0, 0.1) is 5.82 Å². The number of anilines is 1. The van der Waals surface area contributed by atoms with Crippen molar-refractivity contribution >= 4 is 17.5 Å². The van der Waals surface area contributed by atoms with Crippen LogP contribution in [0.5, 0.6) is 0 Å². The molecule has 1 fully saturated rings. The molecule has 0 spiro atoms. The molecule has 128 valence electrons. The van der Waals surface area contributed by atoms with E-state index in [1.54, 1.807) is 6.07 Å². The monoisotopic (exact) mass is 337 g/mol. The fourth-order valence-electron chi connectivity index (χ4n) is 3.48. The Hall–Kier alpha value is -2.46. The number of nitrogens with zero attached hydrogens (tertiary/aromatic N) is 1. The number of aryl methyl sites for hydroxylation is 1. The van der Waals surface area contributed by atoms with Gasteiger partial charge in [-0.25, -0.2) is 4.39 Å². The van der Waals surface area contributed by atoms with E-state index >= 15 is 0 Å². The number of ketones is 1. The zero-order chi connectivity index (χ0) is 17.2. The molecule has 0 atom stereocenters. The predicted octanol–water partition coefficient (Wildman–Crippen LogP) is 3.87. The molecular weight excluding hydrogens is 317 g/mol. The summed E-state index contributed by atoms with van der Waals surface area (Å²) in [5.41, 5.74) is 4.36. The molecule has 1 heterocycles. The van der Waals surface area contributed by atoms with E-state index in [1.165, 1.54) is 17.8 Å². The Kier molecular flexibility index (Phi) is 4.36. The molecule has 1 aliphatic heterocycles. The maximum absolute atomic E-state index is 13.5. The van der Waals surface area contributed by atoms with Crippen LogP contribution in [-0.4, -0.2) is 32.1 Å². The SMILES string of the molecule is O=C1C(=Cc2ccc(N3CCOCC3)cc2)CCc2ccc(F)cc21. The Morgan fingerprint density at radius 3 is 2.52 bits per heavy atom. The highest BCUT2D eigenvalue weighted by atomic mass is 19.1. The quantitative estimate of drug-likeness (QED) is 0.779. The van der Waals surface area contributed by atoms with E-state index in [2.05, 4.69) is 17.0 Å². The second kappa shape index (κ2) is 6.81. The number of allylic oxidation sites excluding steroid dienone is 1. The number of fused-ring (bicyclic) bond motifs is 1. The summed E-state index contributed by atoms with van der Waals surface area (Å²) in [6.07, 6.45) is 3.40. The number of carbonyl (C=O) groups is 1. The molecule has 0 bridgehead atoms. The van der Waals surface area contributed by atoms with E-state index in [4.69, 9.17) is 4.74 Å². The number of rotatable bonds is 2. The van der Waals surface area contributed by atoms with Gasteiger partial charge < -0.3 is 9.64 Å². The Balaban J connectivity index is 1.55. The third-order valence-corrected chi connectivity index (χ3v) is 4.88. The molecule has 0 saturated carbocycles. The van der Waals surface area contributed by atoms with Gasteiger partial charge in [-0.15, -0.1) is 0 Å². The average molecular weight is 337 g/mol. The highest BCUT2D eigenvalue weighted by Crippen LogP contribution is 2.28. The van der Waals surface area contributed by atoms with Gasteiger partial charge in [0.1, 0.15) is 5.82 Å². The Labute approximate surface area is 146 Å². The minimum absolute atomic E-state index is 0.0574. The lowest BCUT2D eigenvalue weighted by atomic mass is 9.86. The van der Waals surface area contributed by atoms with Gasteiger partial charge in [-0.2, -0.15) is 0 Å². The average Bonchev–Trinajstić information content (AvgIpc) is 2.66. The van der Waals surface area contributed by atoms with E-state index in [0.717, 1.165) is 49.4 Å². The van der Waals surface area contributed by atoms with Crippen LogP contribution in [0.1, 0.15) is 27.9 Å². The summed E-state index contributed by atoms with van der Waals surface area (Å²) in [5.74, 6) is -0.416. The van der Waals surface area contributed by atoms with Crippen LogP contribution in [0.2, 0.25) is 0 Å². The molecule has 2 aliphatic rings. The number of hydrogen-bond donors (Lipinski definition) is 0. The first-order valence-electron chi connectivity index (χ1n) is 8.67. The van der Waals surface area contributed by atoms with Crippen LogP contribution in [0.4, 0.5) is 10.1 Å². The lowest BCUT2D eigenvalue weighted by Gasteiger charge is -2.28. The molecule has 4 heteroatoms. The third-order valence-electron chi connectivity index (χ3n) is 4.88. The molecule has 0 radical (unpaired) electrons. The third kappa shape index (κ3) is 3.35. The highest BCUT2D eigenvalue weighted by molar-refractivity contribution is 6.13. The molecule has 2 aromatic rings. The minimum Gasteiger partial charge on any atom is -0.378 e. The molecule has 0 aromatic heterocycles. The first kappa shape index (κ1) is 16.0. The molecule has 0 amide bonds. The van der Waals surface area contributed by atoms with Gasteiger partial charge in [-0.05, 0) is 54.3 Å². The van der Waals surface area contributed by atoms with Gasteiger partial charge in [0, 0.05) is 29.9 Å². The van der Waals surface area contributed by atoms with E-state index in [0.29, 0.717) is 12.0 Å². The molecular formula is C21H20FNO2. The molecule has 0 unspecified atom stereocenters. The zero-order valence-electron chi connectivity index (χ0n) is 14.0. The lowest BCUT2D eigenvalue weighted by Crippen LogP contribution is -2.36. The van der Waals surface area contributed by atoms with Gasteiger partial charge >= 0.3 is 0 Å². The summed E-state index contributed by atoms with van der Waals surface area (Å²) in [6.45, 7) is 3.33. The largest absolute Gasteiger partial charge is 0.378 e. The van der Waals surface area contributed by atoms with Crippen LogP contribution in [0.15, 0.2) is 48.0 Å². The van der Waals surface area contributed by atoms with Crippen molar-refractivity contribution in [3.63, 3.8) is 0 Å². The fourth-order valence-corrected chi connectivity index (χ4v) is 3.48.